The standard InChI is InChI=1S/C35H35N5O5/c1-40(30(33-38-31(35(43)44)39-45-33)21-23-11-13-25-7-3-5-9-28(25)19-23)34(42)29(37-32(41)26-14-16-36-17-15-26)20-22-10-12-24-6-2-4-8-27(24)18-22/h2-13,18-19,26,29-30,36H,14-17,20-21H2,1H3,(H,37,41)(H,43,44)/t29-,30-/m1/s1. The highest BCUT2D eigenvalue weighted by atomic mass is 16.5. The minimum atomic E-state index is -1.33. The van der Waals surface area contributed by atoms with Gasteiger partial charge in [-0.05, 0) is 63.8 Å². The SMILES string of the molecule is CN(C(=O)[C@@H](Cc1ccc2ccccc2c1)NC(=O)C1CCNCC1)[C@H](Cc1ccc2ccccc2c1)c1nc(C(=O)O)no1. The summed E-state index contributed by atoms with van der Waals surface area (Å²) in [4.78, 5) is 45.0. The Kier molecular flexibility index (Phi) is 8.84. The first-order chi connectivity index (χ1) is 21.9. The number of rotatable bonds is 10. The van der Waals surface area contributed by atoms with Crippen molar-refractivity contribution in [1.29, 1.82) is 0 Å². The molecule has 6 rings (SSSR count). The number of nitrogens with zero attached hydrogens (tertiary/aromatic N) is 3. The first kappa shape index (κ1) is 30.0. The number of amides is 2. The average Bonchev–Trinajstić information content (AvgIpc) is 3.57. The third kappa shape index (κ3) is 6.86. The highest BCUT2D eigenvalue weighted by molar-refractivity contribution is 5.90. The van der Waals surface area contributed by atoms with Gasteiger partial charge in [0.1, 0.15) is 12.1 Å². The summed E-state index contributed by atoms with van der Waals surface area (Å²) in [6, 6.07) is 26.3. The zero-order valence-corrected chi connectivity index (χ0v) is 25.0. The largest absolute Gasteiger partial charge is 0.475 e. The smallest absolute Gasteiger partial charge is 0.377 e. The molecule has 0 aliphatic carbocycles. The van der Waals surface area contributed by atoms with Gasteiger partial charge in [0, 0.05) is 25.8 Å². The molecule has 1 aromatic heterocycles. The number of piperidine rings is 1. The molecule has 10 nitrogen and oxygen atoms in total. The molecule has 5 aromatic rings. The van der Waals surface area contributed by atoms with Crippen molar-refractivity contribution >= 4 is 39.3 Å². The summed E-state index contributed by atoms with van der Waals surface area (Å²) in [7, 11) is 1.63. The third-order valence-corrected chi connectivity index (χ3v) is 8.55. The van der Waals surface area contributed by atoms with E-state index in [1.54, 1.807) is 7.05 Å². The van der Waals surface area contributed by atoms with E-state index in [0.29, 0.717) is 19.3 Å². The molecule has 1 aliphatic rings. The molecule has 1 aliphatic heterocycles. The molecule has 0 saturated carbocycles. The van der Waals surface area contributed by atoms with Crippen LogP contribution < -0.4 is 10.6 Å². The molecule has 4 aromatic carbocycles. The Morgan fingerprint density at radius 1 is 0.889 bits per heavy atom. The Morgan fingerprint density at radius 2 is 1.47 bits per heavy atom. The molecule has 230 valence electrons. The summed E-state index contributed by atoms with van der Waals surface area (Å²) in [5, 5.41) is 23.7. The van der Waals surface area contributed by atoms with Crippen LogP contribution in [0.1, 0.15) is 46.5 Å². The maximum absolute atomic E-state index is 14.4. The van der Waals surface area contributed by atoms with Gasteiger partial charge < -0.3 is 25.2 Å². The van der Waals surface area contributed by atoms with Crippen LogP contribution in [0.2, 0.25) is 0 Å². The fourth-order valence-corrected chi connectivity index (χ4v) is 6.01. The van der Waals surface area contributed by atoms with Crippen molar-refractivity contribution in [2.45, 2.75) is 37.8 Å². The van der Waals surface area contributed by atoms with Crippen LogP contribution in [-0.4, -0.2) is 64.1 Å². The number of hydrogen-bond donors (Lipinski definition) is 3. The Balaban J connectivity index is 1.32. The van der Waals surface area contributed by atoms with Gasteiger partial charge in [-0.2, -0.15) is 4.98 Å². The minimum Gasteiger partial charge on any atom is -0.475 e. The van der Waals surface area contributed by atoms with Crippen molar-refractivity contribution < 1.29 is 24.0 Å². The Bertz CT molecular complexity index is 1850. The van der Waals surface area contributed by atoms with E-state index in [-0.39, 0.29) is 30.0 Å². The van der Waals surface area contributed by atoms with Crippen molar-refractivity contribution in [3.63, 3.8) is 0 Å². The van der Waals surface area contributed by atoms with Crippen LogP contribution in [0, 0.1) is 5.92 Å². The highest BCUT2D eigenvalue weighted by Crippen LogP contribution is 2.27. The van der Waals surface area contributed by atoms with Crippen LogP contribution in [0.4, 0.5) is 0 Å². The molecule has 2 heterocycles. The van der Waals surface area contributed by atoms with E-state index < -0.39 is 23.9 Å². The number of nitrogens with one attached hydrogen (secondary N) is 2. The Labute approximate surface area is 260 Å². The number of carbonyl (C=O) groups excluding carboxylic acids is 2. The molecule has 1 saturated heterocycles. The number of carboxylic acid groups (broad SMARTS) is 1. The van der Waals surface area contributed by atoms with Gasteiger partial charge in [-0.1, -0.05) is 84.9 Å². The van der Waals surface area contributed by atoms with Gasteiger partial charge in [0.15, 0.2) is 0 Å². The van der Waals surface area contributed by atoms with Gasteiger partial charge in [-0.3, -0.25) is 9.59 Å². The van der Waals surface area contributed by atoms with Crippen molar-refractivity contribution in [2.75, 3.05) is 20.1 Å². The zero-order chi connectivity index (χ0) is 31.3. The lowest BCUT2D eigenvalue weighted by Gasteiger charge is -2.31. The number of aromatic carboxylic acids is 1. The molecule has 3 N–H and O–H groups in total. The van der Waals surface area contributed by atoms with Crippen LogP contribution in [0.3, 0.4) is 0 Å². The molecule has 10 heteroatoms. The predicted octanol–water partition coefficient (Wildman–Crippen LogP) is 4.54. The molecule has 45 heavy (non-hydrogen) atoms. The molecule has 2 amide bonds. The van der Waals surface area contributed by atoms with E-state index in [1.165, 1.54) is 4.90 Å². The van der Waals surface area contributed by atoms with E-state index in [1.807, 2.05) is 84.9 Å². The fraction of sp³-hybridized carbons (Fsp3) is 0.286. The van der Waals surface area contributed by atoms with E-state index in [4.69, 9.17) is 4.52 Å². The quantitative estimate of drug-likeness (QED) is 0.211. The molecule has 0 spiro atoms. The van der Waals surface area contributed by atoms with Gasteiger partial charge in [0.25, 0.3) is 5.82 Å². The summed E-state index contributed by atoms with van der Waals surface area (Å²) >= 11 is 0. The van der Waals surface area contributed by atoms with Crippen LogP contribution >= 0.6 is 0 Å². The number of likely N-dealkylation sites (N-methyl/N-ethyl adjacent to an activating group) is 1. The van der Waals surface area contributed by atoms with E-state index in [9.17, 15) is 19.5 Å². The minimum absolute atomic E-state index is 0.00513. The first-order valence-electron chi connectivity index (χ1n) is 15.2. The summed E-state index contributed by atoms with van der Waals surface area (Å²) in [6.45, 7) is 1.50. The van der Waals surface area contributed by atoms with E-state index in [0.717, 1.165) is 45.8 Å². The van der Waals surface area contributed by atoms with Crippen LogP contribution in [0.5, 0.6) is 0 Å². The van der Waals surface area contributed by atoms with Gasteiger partial charge in [-0.15, -0.1) is 0 Å². The highest BCUT2D eigenvalue weighted by Gasteiger charge is 2.34. The van der Waals surface area contributed by atoms with Crippen molar-refractivity contribution in [2.24, 2.45) is 5.92 Å². The maximum atomic E-state index is 14.4. The number of hydrogen-bond acceptors (Lipinski definition) is 7. The van der Waals surface area contributed by atoms with Crippen molar-refractivity contribution in [3.8, 4) is 0 Å². The van der Waals surface area contributed by atoms with Crippen LogP contribution in [-0.2, 0) is 22.4 Å². The number of fused-ring (bicyclic) bond motifs is 2. The van der Waals surface area contributed by atoms with Gasteiger partial charge in [0.05, 0.1) is 0 Å². The second-order valence-electron chi connectivity index (χ2n) is 11.6. The second kappa shape index (κ2) is 13.3. The lowest BCUT2D eigenvalue weighted by Crippen LogP contribution is -2.52. The first-order valence-corrected chi connectivity index (χ1v) is 15.2. The molecule has 0 radical (unpaired) electrons. The Hall–Kier alpha value is -5.09. The fourth-order valence-electron chi connectivity index (χ4n) is 6.01. The van der Waals surface area contributed by atoms with Gasteiger partial charge >= 0.3 is 5.97 Å². The molecule has 0 bridgehead atoms. The van der Waals surface area contributed by atoms with Crippen molar-refractivity contribution in [3.05, 3.63) is 108 Å². The van der Waals surface area contributed by atoms with Crippen LogP contribution in [0.25, 0.3) is 21.5 Å². The number of carboxylic acids is 1. The lowest BCUT2D eigenvalue weighted by atomic mass is 9.95. The van der Waals surface area contributed by atoms with E-state index >= 15 is 0 Å². The number of carbonyl (C=O) groups is 3. The predicted molar refractivity (Wildman–Crippen MR) is 170 cm³/mol. The molecule has 0 unspecified atom stereocenters. The number of benzene rings is 4. The maximum Gasteiger partial charge on any atom is 0.377 e. The van der Waals surface area contributed by atoms with Crippen LogP contribution in [0.15, 0.2) is 89.5 Å². The summed E-state index contributed by atoms with van der Waals surface area (Å²) in [6.07, 6.45) is 1.96. The summed E-state index contributed by atoms with van der Waals surface area (Å²) in [5.41, 5.74) is 1.81. The average molecular weight is 606 g/mol. The topological polar surface area (TPSA) is 138 Å². The van der Waals surface area contributed by atoms with Crippen molar-refractivity contribution in [1.82, 2.24) is 25.7 Å². The van der Waals surface area contributed by atoms with Gasteiger partial charge in [-0.25, -0.2) is 4.79 Å². The Morgan fingerprint density at radius 3 is 2.04 bits per heavy atom. The molecular formula is C35H35N5O5. The number of aromatic nitrogens is 2. The monoisotopic (exact) mass is 605 g/mol. The van der Waals surface area contributed by atoms with Gasteiger partial charge in [0.2, 0.25) is 17.7 Å². The summed E-state index contributed by atoms with van der Waals surface area (Å²) in [5.74, 6) is -2.49. The van der Waals surface area contributed by atoms with E-state index in [2.05, 4.69) is 20.8 Å². The third-order valence-electron chi connectivity index (χ3n) is 8.55. The lowest BCUT2D eigenvalue weighted by molar-refractivity contribution is -0.138. The summed E-state index contributed by atoms with van der Waals surface area (Å²) < 4.78 is 5.41. The molecular weight excluding hydrogens is 570 g/mol. The normalized spacial score (nSPS) is 15.0. The molecule has 1 fully saturated rings. The second-order valence-corrected chi connectivity index (χ2v) is 11.6. The molecule has 2 atom stereocenters. The zero-order valence-electron chi connectivity index (χ0n) is 25.0.